The van der Waals surface area contributed by atoms with Crippen molar-refractivity contribution in [3.8, 4) is 0 Å². The molecule has 72 valence electrons. The lowest BCUT2D eigenvalue weighted by molar-refractivity contribution is -0.341. The lowest BCUT2D eigenvalue weighted by atomic mass is 10.5. The largest absolute Gasteiger partial charge is 0.790 e. The molecule has 0 atom stereocenters. The predicted octanol–water partition coefficient (Wildman–Crippen LogP) is 0.409. The van der Waals surface area contributed by atoms with E-state index in [1.54, 1.807) is 0 Å². The van der Waals surface area contributed by atoms with Crippen LogP contribution in [0.3, 0.4) is 0 Å². The van der Waals surface area contributed by atoms with Crippen LogP contribution in [0.5, 0.6) is 0 Å². The molecule has 0 aliphatic rings. The Labute approximate surface area is 79.3 Å². The summed E-state index contributed by atoms with van der Waals surface area (Å²) >= 11 is 2.07. The molecule has 8 heteroatoms. The summed E-state index contributed by atoms with van der Waals surface area (Å²) < 4.78 is 14.5. The molecular formula is C3H14IN2O4P. The zero-order valence-electron chi connectivity index (χ0n) is 6.58. The molecule has 0 spiro atoms. The van der Waals surface area contributed by atoms with Crippen LogP contribution in [0.4, 0.5) is 0 Å². The number of hydrogen-bond donors (Lipinski definition) is 2. The Morgan fingerprint density at radius 1 is 1.36 bits per heavy atom. The van der Waals surface area contributed by atoms with Crippen molar-refractivity contribution in [2.45, 2.75) is 6.42 Å². The summed E-state index contributed by atoms with van der Waals surface area (Å²) in [7, 11) is -4.70. The van der Waals surface area contributed by atoms with E-state index in [0.29, 0.717) is 6.42 Å². The first kappa shape index (κ1) is 17.7. The maximum Gasteiger partial charge on any atom is 0.0596 e. The fourth-order valence-electron chi connectivity index (χ4n) is 0.231. The van der Waals surface area contributed by atoms with E-state index in [0.717, 1.165) is 4.43 Å². The van der Waals surface area contributed by atoms with Crippen LogP contribution in [-0.4, -0.2) is 11.0 Å². The molecule has 0 heterocycles. The van der Waals surface area contributed by atoms with Crippen molar-refractivity contribution in [2.24, 2.45) is 0 Å². The van der Waals surface area contributed by atoms with E-state index in [9.17, 15) is 14.4 Å². The van der Waals surface area contributed by atoms with E-state index >= 15 is 0 Å². The van der Waals surface area contributed by atoms with Gasteiger partial charge in [-0.2, -0.15) is 0 Å². The van der Waals surface area contributed by atoms with Crippen molar-refractivity contribution >= 4 is 30.4 Å². The summed E-state index contributed by atoms with van der Waals surface area (Å²) in [6, 6.07) is 0. The number of hydrogen-bond acceptors (Lipinski definition) is 4. The third-order valence-corrected chi connectivity index (χ3v) is 1.79. The van der Waals surface area contributed by atoms with E-state index in [1.165, 1.54) is 0 Å². The fraction of sp³-hybridized carbons (Fsp3) is 1.00. The standard InChI is InChI=1S/C3H8IO4P.2H3N/c4-2-1-3-8-9(5,6)7;;/h1-3H2,(H2,5,6,7);2*1H3. The average Bonchev–Trinajstić information content (AvgIpc) is 1.63. The average molecular weight is 300 g/mol. The molecule has 0 saturated heterocycles. The molecule has 11 heavy (non-hydrogen) atoms. The quantitative estimate of drug-likeness (QED) is 0.335. The van der Waals surface area contributed by atoms with Crippen LogP contribution in [0, 0.1) is 0 Å². The normalized spacial score (nSPS) is 9.73. The number of alkyl halides is 1. The molecule has 8 N–H and O–H groups in total. The minimum absolute atomic E-state index is 0. The highest BCUT2D eigenvalue weighted by Gasteiger charge is 1.88. The van der Waals surface area contributed by atoms with Gasteiger partial charge in [-0.3, -0.25) is 0 Å². The molecule has 0 amide bonds. The molecule has 0 aliphatic carbocycles. The summed E-state index contributed by atoms with van der Waals surface area (Å²) in [5, 5.41) is 0. The zero-order valence-corrected chi connectivity index (χ0v) is 9.63. The van der Waals surface area contributed by atoms with Crippen molar-refractivity contribution in [2.75, 3.05) is 11.0 Å². The lowest BCUT2D eigenvalue weighted by Gasteiger charge is -2.28. The number of phosphoric ester groups is 1. The first-order valence-electron chi connectivity index (χ1n) is 2.29. The van der Waals surface area contributed by atoms with Crippen molar-refractivity contribution in [3.63, 3.8) is 0 Å². The van der Waals surface area contributed by atoms with Gasteiger partial charge < -0.3 is 31.2 Å². The summed E-state index contributed by atoms with van der Waals surface area (Å²) in [6.07, 6.45) is 0.592. The number of rotatable bonds is 4. The second kappa shape index (κ2) is 8.85. The van der Waals surface area contributed by atoms with Gasteiger partial charge in [0.15, 0.2) is 0 Å². The molecule has 0 aromatic rings. The van der Waals surface area contributed by atoms with Crippen molar-refractivity contribution in [1.29, 1.82) is 0 Å². The van der Waals surface area contributed by atoms with Gasteiger partial charge >= 0.3 is 0 Å². The van der Waals surface area contributed by atoms with Crippen LogP contribution in [0.1, 0.15) is 6.42 Å². The SMILES string of the molecule is O=P([O-])([O-])OCCCI.[NH4+].[NH4+]. The minimum Gasteiger partial charge on any atom is -0.790 e. The highest BCUT2D eigenvalue weighted by atomic mass is 127. The van der Waals surface area contributed by atoms with Crippen LogP contribution in [-0.2, 0) is 9.09 Å². The Morgan fingerprint density at radius 3 is 2.09 bits per heavy atom. The third-order valence-electron chi connectivity index (χ3n) is 0.527. The number of halogens is 1. The van der Waals surface area contributed by atoms with Gasteiger partial charge in [0.2, 0.25) is 0 Å². The lowest BCUT2D eigenvalue weighted by Crippen LogP contribution is -2.16. The van der Waals surface area contributed by atoms with Gasteiger partial charge in [-0.05, 0) is 6.42 Å². The molecule has 0 aromatic heterocycles. The highest BCUT2D eigenvalue weighted by Crippen LogP contribution is 2.24. The monoisotopic (exact) mass is 300 g/mol. The molecule has 0 rings (SSSR count). The summed E-state index contributed by atoms with van der Waals surface area (Å²) in [4.78, 5) is 19.5. The van der Waals surface area contributed by atoms with Crippen LogP contribution >= 0.6 is 30.4 Å². The molecule has 0 saturated carbocycles. The van der Waals surface area contributed by atoms with Gasteiger partial charge in [0.1, 0.15) is 0 Å². The van der Waals surface area contributed by atoms with Gasteiger partial charge in [0.25, 0.3) is 0 Å². The summed E-state index contributed by atoms with van der Waals surface area (Å²) in [5.41, 5.74) is 0. The number of phosphoric acid groups is 1. The fourth-order valence-corrected chi connectivity index (χ4v) is 0.895. The smallest absolute Gasteiger partial charge is 0.0596 e. The molecule has 0 unspecified atom stereocenters. The van der Waals surface area contributed by atoms with Crippen molar-refractivity contribution < 1.29 is 18.9 Å². The molecule has 0 fully saturated rings. The van der Waals surface area contributed by atoms with Gasteiger partial charge in [-0.1, -0.05) is 22.6 Å². The number of quaternary nitrogens is 2. The summed E-state index contributed by atoms with van der Waals surface area (Å²) in [6.45, 7) is 0.00716. The van der Waals surface area contributed by atoms with E-state index in [2.05, 4.69) is 27.1 Å². The first-order chi connectivity index (χ1) is 4.06. The Hall–Kier alpha value is 0.760. The zero-order chi connectivity index (χ0) is 7.33. The van der Waals surface area contributed by atoms with Crippen LogP contribution in [0.15, 0.2) is 0 Å². The molecular weight excluding hydrogens is 286 g/mol. The van der Waals surface area contributed by atoms with Gasteiger partial charge in [0, 0.05) is 4.43 Å². The molecule has 0 bridgehead atoms. The Morgan fingerprint density at radius 2 is 1.82 bits per heavy atom. The maximum atomic E-state index is 9.75. The Balaban J connectivity index is -0.000000320. The van der Waals surface area contributed by atoms with E-state index < -0.39 is 7.82 Å². The van der Waals surface area contributed by atoms with Gasteiger partial charge in [-0.15, -0.1) is 0 Å². The van der Waals surface area contributed by atoms with Gasteiger partial charge in [-0.25, -0.2) is 0 Å². The molecule has 0 radical (unpaired) electrons. The maximum absolute atomic E-state index is 9.75. The van der Waals surface area contributed by atoms with Crippen molar-refractivity contribution in [1.82, 2.24) is 12.3 Å². The van der Waals surface area contributed by atoms with E-state index in [-0.39, 0.29) is 18.9 Å². The Bertz CT molecular complexity index is 118. The topological polar surface area (TPSA) is 145 Å². The Kier molecular flexibility index (Phi) is 14.3. The molecule has 6 nitrogen and oxygen atoms in total. The molecule has 0 aromatic carbocycles. The van der Waals surface area contributed by atoms with E-state index in [4.69, 9.17) is 0 Å². The van der Waals surface area contributed by atoms with Gasteiger partial charge in [0.05, 0.1) is 14.4 Å². The minimum atomic E-state index is -4.70. The van der Waals surface area contributed by atoms with Crippen LogP contribution < -0.4 is 22.1 Å². The third kappa shape index (κ3) is 18.1. The van der Waals surface area contributed by atoms with Crippen LogP contribution in [0.2, 0.25) is 0 Å². The second-order valence-corrected chi connectivity index (χ2v) is 3.55. The van der Waals surface area contributed by atoms with Crippen LogP contribution in [0.25, 0.3) is 0 Å². The van der Waals surface area contributed by atoms with Crippen molar-refractivity contribution in [3.05, 3.63) is 0 Å². The second-order valence-electron chi connectivity index (χ2n) is 1.32. The highest BCUT2D eigenvalue weighted by molar-refractivity contribution is 14.1. The van der Waals surface area contributed by atoms with E-state index in [1.807, 2.05) is 0 Å². The molecule has 0 aliphatic heterocycles. The predicted molar refractivity (Wildman–Crippen MR) is 49.0 cm³/mol. The summed E-state index contributed by atoms with van der Waals surface area (Å²) in [5.74, 6) is 0. The first-order valence-corrected chi connectivity index (χ1v) is 5.27.